The highest BCUT2D eigenvalue weighted by atomic mass is 32.2. The van der Waals surface area contributed by atoms with Gasteiger partial charge in [-0.1, -0.05) is 18.6 Å². The Labute approximate surface area is 188 Å². The summed E-state index contributed by atoms with van der Waals surface area (Å²) >= 11 is 0. The number of benzene rings is 2. The van der Waals surface area contributed by atoms with E-state index in [0.29, 0.717) is 25.3 Å². The SMILES string of the molecule is COc1ccc(S(=O)(=O)N2CCCCC2)cc1NC(=O)CCc1ccc(S(N)(=O)=O)cc1. The van der Waals surface area contributed by atoms with E-state index >= 15 is 0 Å². The first kappa shape index (κ1) is 24.2. The van der Waals surface area contributed by atoms with E-state index < -0.39 is 20.0 Å². The summed E-state index contributed by atoms with van der Waals surface area (Å²) in [4.78, 5) is 12.6. The zero-order valence-electron chi connectivity index (χ0n) is 17.8. The number of nitrogens with zero attached hydrogens (tertiary/aromatic N) is 1. The van der Waals surface area contributed by atoms with Gasteiger partial charge in [0.1, 0.15) is 5.75 Å². The molecule has 0 aliphatic carbocycles. The van der Waals surface area contributed by atoms with E-state index in [-0.39, 0.29) is 27.8 Å². The lowest BCUT2D eigenvalue weighted by molar-refractivity contribution is -0.116. The third kappa shape index (κ3) is 5.85. The highest BCUT2D eigenvalue weighted by Gasteiger charge is 2.27. The molecule has 9 nitrogen and oxygen atoms in total. The molecule has 1 aliphatic heterocycles. The number of sulfonamides is 2. The first-order chi connectivity index (χ1) is 15.1. The quantitative estimate of drug-likeness (QED) is 0.593. The fourth-order valence-corrected chi connectivity index (χ4v) is 5.58. The lowest BCUT2D eigenvalue weighted by Gasteiger charge is -2.26. The van der Waals surface area contributed by atoms with E-state index in [1.165, 1.54) is 41.7 Å². The summed E-state index contributed by atoms with van der Waals surface area (Å²) in [6.45, 7) is 0.973. The van der Waals surface area contributed by atoms with E-state index in [1.807, 2.05) is 0 Å². The maximum atomic E-state index is 13.0. The molecule has 1 amide bonds. The summed E-state index contributed by atoms with van der Waals surface area (Å²) in [6.07, 6.45) is 3.15. The average Bonchev–Trinajstić information content (AvgIpc) is 2.78. The minimum atomic E-state index is -3.77. The van der Waals surface area contributed by atoms with E-state index in [2.05, 4.69) is 5.32 Å². The number of nitrogens with two attached hydrogens (primary N) is 1. The number of ether oxygens (including phenoxy) is 1. The third-order valence-electron chi connectivity index (χ3n) is 5.29. The highest BCUT2D eigenvalue weighted by Crippen LogP contribution is 2.30. The highest BCUT2D eigenvalue weighted by molar-refractivity contribution is 7.89. The molecule has 1 aliphatic rings. The van der Waals surface area contributed by atoms with Crippen LogP contribution in [0.1, 0.15) is 31.2 Å². The van der Waals surface area contributed by atoms with Gasteiger partial charge in [0, 0.05) is 19.5 Å². The number of nitrogens with one attached hydrogen (secondary N) is 1. The molecule has 2 aromatic carbocycles. The first-order valence-corrected chi connectivity index (χ1v) is 13.2. The number of carbonyl (C=O) groups is 1. The number of aryl methyl sites for hydroxylation is 1. The Morgan fingerprint density at radius 1 is 1.00 bits per heavy atom. The fourth-order valence-electron chi connectivity index (χ4n) is 3.52. The van der Waals surface area contributed by atoms with Crippen molar-refractivity contribution in [2.45, 2.75) is 41.9 Å². The molecule has 3 N–H and O–H groups in total. The predicted molar refractivity (Wildman–Crippen MR) is 120 cm³/mol. The van der Waals surface area contributed by atoms with Crippen LogP contribution in [0.25, 0.3) is 0 Å². The Morgan fingerprint density at radius 2 is 1.62 bits per heavy atom. The van der Waals surface area contributed by atoms with Crippen LogP contribution in [0.3, 0.4) is 0 Å². The van der Waals surface area contributed by atoms with Gasteiger partial charge in [-0.3, -0.25) is 4.79 Å². The molecule has 2 aromatic rings. The van der Waals surface area contributed by atoms with Crippen molar-refractivity contribution in [1.29, 1.82) is 0 Å². The number of rotatable bonds is 8. The molecule has 1 fully saturated rings. The normalized spacial score (nSPS) is 15.3. The lowest BCUT2D eigenvalue weighted by Crippen LogP contribution is -2.35. The summed E-state index contributed by atoms with van der Waals surface area (Å²) in [6, 6.07) is 10.4. The van der Waals surface area contributed by atoms with Crippen molar-refractivity contribution in [3.8, 4) is 5.75 Å². The van der Waals surface area contributed by atoms with Crippen LogP contribution in [0.15, 0.2) is 52.3 Å². The summed E-state index contributed by atoms with van der Waals surface area (Å²) in [7, 11) is -5.98. The van der Waals surface area contributed by atoms with Gasteiger partial charge in [0.25, 0.3) is 0 Å². The molecule has 0 aromatic heterocycles. The van der Waals surface area contributed by atoms with Crippen LogP contribution >= 0.6 is 0 Å². The minimum Gasteiger partial charge on any atom is -0.495 e. The maximum absolute atomic E-state index is 13.0. The molecular formula is C21H27N3O6S2. The zero-order valence-corrected chi connectivity index (χ0v) is 19.4. The largest absolute Gasteiger partial charge is 0.495 e. The Hall–Kier alpha value is -2.47. The molecule has 0 unspecified atom stereocenters. The molecule has 0 atom stereocenters. The van der Waals surface area contributed by atoms with Crippen LogP contribution in [-0.2, 0) is 31.3 Å². The Bertz CT molecular complexity index is 1170. The van der Waals surface area contributed by atoms with Crippen molar-refractivity contribution in [2.75, 3.05) is 25.5 Å². The summed E-state index contributed by atoms with van der Waals surface area (Å²) in [5.41, 5.74) is 1.04. The number of amides is 1. The first-order valence-electron chi connectivity index (χ1n) is 10.2. The van der Waals surface area contributed by atoms with Crippen molar-refractivity contribution in [3.05, 3.63) is 48.0 Å². The van der Waals surface area contributed by atoms with Crippen LogP contribution in [-0.4, -0.2) is 47.2 Å². The Morgan fingerprint density at radius 3 is 2.22 bits per heavy atom. The van der Waals surface area contributed by atoms with E-state index in [1.54, 1.807) is 12.1 Å². The second-order valence-corrected chi connectivity index (χ2v) is 11.1. The van der Waals surface area contributed by atoms with Gasteiger partial charge in [-0.05, 0) is 55.2 Å². The van der Waals surface area contributed by atoms with Crippen molar-refractivity contribution >= 4 is 31.6 Å². The van der Waals surface area contributed by atoms with Crippen molar-refractivity contribution in [2.24, 2.45) is 5.14 Å². The fraction of sp³-hybridized carbons (Fsp3) is 0.381. The molecular weight excluding hydrogens is 454 g/mol. The summed E-state index contributed by atoms with van der Waals surface area (Å²) in [5.74, 6) is 0.0276. The number of hydrogen-bond acceptors (Lipinski definition) is 6. The molecule has 1 heterocycles. The van der Waals surface area contributed by atoms with Gasteiger partial charge in [0.05, 0.1) is 22.6 Å². The Balaban J connectivity index is 1.70. The van der Waals surface area contributed by atoms with Crippen molar-refractivity contribution in [3.63, 3.8) is 0 Å². The molecule has 11 heteroatoms. The van der Waals surface area contributed by atoms with Gasteiger partial charge in [0.2, 0.25) is 26.0 Å². The van der Waals surface area contributed by atoms with Gasteiger partial charge in [-0.2, -0.15) is 4.31 Å². The Kier molecular flexibility index (Phi) is 7.55. The maximum Gasteiger partial charge on any atom is 0.243 e. The number of carbonyl (C=O) groups excluding carboxylic acids is 1. The van der Waals surface area contributed by atoms with Crippen LogP contribution in [0.5, 0.6) is 5.75 Å². The molecule has 1 saturated heterocycles. The van der Waals surface area contributed by atoms with E-state index in [9.17, 15) is 21.6 Å². The second kappa shape index (κ2) is 9.99. The standard InChI is InChI=1S/C21H27N3O6S2/c1-30-20-11-10-18(32(28,29)24-13-3-2-4-14-24)15-19(20)23-21(25)12-7-16-5-8-17(9-6-16)31(22,26)27/h5-6,8-11,15H,2-4,7,12-14H2,1H3,(H,23,25)(H2,22,26,27). The lowest BCUT2D eigenvalue weighted by atomic mass is 10.1. The molecule has 0 saturated carbocycles. The third-order valence-corrected chi connectivity index (χ3v) is 8.11. The van der Waals surface area contributed by atoms with Gasteiger partial charge < -0.3 is 10.1 Å². The number of piperidine rings is 1. The van der Waals surface area contributed by atoms with Crippen LogP contribution in [0, 0.1) is 0 Å². The summed E-state index contributed by atoms with van der Waals surface area (Å²) < 4.78 is 55.3. The molecule has 0 spiro atoms. The molecule has 0 bridgehead atoms. The van der Waals surface area contributed by atoms with E-state index in [0.717, 1.165) is 24.8 Å². The van der Waals surface area contributed by atoms with Gasteiger partial charge in [0.15, 0.2) is 0 Å². The smallest absolute Gasteiger partial charge is 0.243 e. The molecule has 174 valence electrons. The van der Waals surface area contributed by atoms with Gasteiger partial charge >= 0.3 is 0 Å². The van der Waals surface area contributed by atoms with Gasteiger partial charge in [-0.15, -0.1) is 0 Å². The summed E-state index contributed by atoms with van der Waals surface area (Å²) in [5, 5.41) is 7.80. The molecule has 32 heavy (non-hydrogen) atoms. The number of primary sulfonamides is 1. The van der Waals surface area contributed by atoms with Crippen LogP contribution in [0.4, 0.5) is 5.69 Å². The topological polar surface area (TPSA) is 136 Å². The van der Waals surface area contributed by atoms with Gasteiger partial charge in [-0.25, -0.2) is 22.0 Å². The monoisotopic (exact) mass is 481 g/mol. The number of methoxy groups -OCH3 is 1. The minimum absolute atomic E-state index is 0.00201. The number of hydrogen-bond donors (Lipinski definition) is 2. The molecule has 0 radical (unpaired) electrons. The van der Waals surface area contributed by atoms with E-state index in [4.69, 9.17) is 9.88 Å². The zero-order chi connectivity index (χ0) is 23.4. The van der Waals surface area contributed by atoms with Crippen LogP contribution in [0.2, 0.25) is 0 Å². The average molecular weight is 482 g/mol. The number of anilines is 1. The predicted octanol–water partition coefficient (Wildman–Crippen LogP) is 2.09. The molecule has 3 rings (SSSR count). The van der Waals surface area contributed by atoms with Crippen LogP contribution < -0.4 is 15.2 Å². The van der Waals surface area contributed by atoms with Crippen molar-refractivity contribution in [1.82, 2.24) is 4.31 Å². The second-order valence-electron chi connectivity index (χ2n) is 7.56. The van der Waals surface area contributed by atoms with Crippen molar-refractivity contribution < 1.29 is 26.4 Å².